The Hall–Kier alpha value is -2.04. The van der Waals surface area contributed by atoms with Crippen molar-refractivity contribution in [2.75, 3.05) is 6.61 Å². The van der Waals surface area contributed by atoms with E-state index in [1.165, 1.54) is 6.92 Å². The van der Waals surface area contributed by atoms with Gasteiger partial charge in [0.25, 0.3) is 0 Å². The predicted molar refractivity (Wildman–Crippen MR) is 79.6 cm³/mol. The second-order valence-electron chi connectivity index (χ2n) is 5.93. The molecule has 0 heterocycles. The number of carbonyl (C=O) groups excluding carboxylic acids is 2. The van der Waals surface area contributed by atoms with Crippen molar-refractivity contribution in [3.63, 3.8) is 0 Å². The fraction of sp³-hybridized carbons (Fsp3) is 0.500. The maximum absolute atomic E-state index is 11.8. The van der Waals surface area contributed by atoms with Gasteiger partial charge in [0.1, 0.15) is 13.2 Å². The summed E-state index contributed by atoms with van der Waals surface area (Å²) in [6.07, 6.45) is -0.522. The van der Waals surface area contributed by atoms with E-state index in [0.717, 1.165) is 5.56 Å². The maximum atomic E-state index is 11.8. The minimum atomic E-state index is -0.522. The number of hydrogen-bond donors (Lipinski definition) is 1. The van der Waals surface area contributed by atoms with Crippen LogP contribution < -0.4 is 5.32 Å². The first-order valence-electron chi connectivity index (χ1n) is 6.89. The van der Waals surface area contributed by atoms with Crippen LogP contribution in [0.2, 0.25) is 0 Å². The van der Waals surface area contributed by atoms with Crippen LogP contribution in [0, 0.1) is 5.41 Å². The number of amides is 1. The quantitative estimate of drug-likeness (QED) is 0.848. The Kier molecular flexibility index (Phi) is 6.21. The molecular formula is C16H23NO4. The summed E-state index contributed by atoms with van der Waals surface area (Å²) >= 11 is 0. The van der Waals surface area contributed by atoms with Crippen LogP contribution in [0.5, 0.6) is 0 Å². The standard InChI is InChI=1S/C16H23NO4/c1-12(18)20-11-14(16(2,3)4)17-15(19)21-10-13-8-6-5-7-9-13/h5-9,14H,10-11H2,1-4H3,(H,17,19). The molecule has 1 aromatic rings. The Morgan fingerprint density at radius 3 is 2.29 bits per heavy atom. The van der Waals surface area contributed by atoms with Crippen LogP contribution in [-0.4, -0.2) is 24.7 Å². The van der Waals surface area contributed by atoms with Gasteiger partial charge in [-0.2, -0.15) is 0 Å². The van der Waals surface area contributed by atoms with Gasteiger partial charge in [0.2, 0.25) is 0 Å². The van der Waals surface area contributed by atoms with Gasteiger partial charge in [-0.25, -0.2) is 4.79 Å². The van der Waals surface area contributed by atoms with E-state index in [1.807, 2.05) is 51.1 Å². The molecule has 1 amide bonds. The summed E-state index contributed by atoms with van der Waals surface area (Å²) in [6, 6.07) is 9.12. The third-order valence-corrected chi connectivity index (χ3v) is 3.00. The van der Waals surface area contributed by atoms with Gasteiger partial charge >= 0.3 is 12.1 Å². The van der Waals surface area contributed by atoms with Gasteiger partial charge in [-0.1, -0.05) is 51.1 Å². The molecule has 0 fully saturated rings. The Balaban J connectivity index is 2.50. The molecule has 0 saturated carbocycles. The van der Waals surface area contributed by atoms with Crippen molar-refractivity contribution in [1.29, 1.82) is 0 Å². The first-order chi connectivity index (χ1) is 9.79. The highest BCUT2D eigenvalue weighted by Gasteiger charge is 2.27. The summed E-state index contributed by atoms with van der Waals surface area (Å²) in [7, 11) is 0. The number of ether oxygens (including phenoxy) is 2. The van der Waals surface area contributed by atoms with Crippen LogP contribution >= 0.6 is 0 Å². The Morgan fingerprint density at radius 1 is 1.14 bits per heavy atom. The van der Waals surface area contributed by atoms with Crippen molar-refractivity contribution in [3.8, 4) is 0 Å². The number of esters is 1. The molecule has 0 aliphatic carbocycles. The molecule has 5 heteroatoms. The number of alkyl carbamates (subject to hydrolysis) is 1. The number of carbonyl (C=O) groups is 2. The number of nitrogens with one attached hydrogen (secondary N) is 1. The van der Waals surface area contributed by atoms with Gasteiger partial charge in [-0.3, -0.25) is 4.79 Å². The maximum Gasteiger partial charge on any atom is 0.407 e. The van der Waals surface area contributed by atoms with Crippen molar-refractivity contribution in [1.82, 2.24) is 5.32 Å². The van der Waals surface area contributed by atoms with E-state index in [1.54, 1.807) is 0 Å². The third-order valence-electron chi connectivity index (χ3n) is 3.00. The van der Waals surface area contributed by atoms with Crippen molar-refractivity contribution < 1.29 is 19.1 Å². The molecule has 0 aromatic heterocycles. The minimum Gasteiger partial charge on any atom is -0.464 e. The molecule has 1 N–H and O–H groups in total. The average molecular weight is 293 g/mol. The van der Waals surface area contributed by atoms with Gasteiger partial charge in [0, 0.05) is 6.92 Å². The molecule has 1 atom stereocenters. The summed E-state index contributed by atoms with van der Waals surface area (Å²) in [5.74, 6) is -0.372. The summed E-state index contributed by atoms with van der Waals surface area (Å²) in [5.41, 5.74) is 0.668. The number of hydrogen-bond acceptors (Lipinski definition) is 4. The van der Waals surface area contributed by atoms with Gasteiger partial charge in [0.05, 0.1) is 6.04 Å². The lowest BCUT2D eigenvalue weighted by atomic mass is 9.87. The van der Waals surface area contributed by atoms with E-state index in [0.29, 0.717) is 0 Å². The summed E-state index contributed by atoms with van der Waals surface area (Å²) in [6.45, 7) is 7.54. The molecule has 0 spiro atoms. The van der Waals surface area contributed by atoms with Crippen LogP contribution in [0.1, 0.15) is 33.3 Å². The SMILES string of the molecule is CC(=O)OCC(NC(=O)OCc1ccccc1)C(C)(C)C. The normalized spacial score (nSPS) is 12.4. The van der Waals surface area contributed by atoms with Crippen LogP contribution in [0.15, 0.2) is 30.3 Å². The van der Waals surface area contributed by atoms with E-state index >= 15 is 0 Å². The summed E-state index contributed by atoms with van der Waals surface area (Å²) in [5, 5.41) is 2.74. The smallest absolute Gasteiger partial charge is 0.407 e. The van der Waals surface area contributed by atoms with Gasteiger partial charge in [0.15, 0.2) is 0 Å². The van der Waals surface area contributed by atoms with Crippen LogP contribution in [0.4, 0.5) is 4.79 Å². The van der Waals surface area contributed by atoms with E-state index in [9.17, 15) is 9.59 Å². The zero-order valence-corrected chi connectivity index (χ0v) is 13.0. The van der Waals surface area contributed by atoms with E-state index < -0.39 is 6.09 Å². The molecule has 1 unspecified atom stereocenters. The molecule has 5 nitrogen and oxygen atoms in total. The lowest BCUT2D eigenvalue weighted by Crippen LogP contribution is -2.47. The molecular weight excluding hydrogens is 270 g/mol. The summed E-state index contributed by atoms with van der Waals surface area (Å²) in [4.78, 5) is 22.7. The zero-order chi connectivity index (χ0) is 15.9. The molecule has 1 aromatic carbocycles. The lowest BCUT2D eigenvalue weighted by molar-refractivity contribution is -0.142. The van der Waals surface area contributed by atoms with Crippen LogP contribution in [-0.2, 0) is 20.9 Å². The highest BCUT2D eigenvalue weighted by molar-refractivity contribution is 5.68. The fourth-order valence-electron chi connectivity index (χ4n) is 1.62. The monoisotopic (exact) mass is 293 g/mol. The highest BCUT2D eigenvalue weighted by Crippen LogP contribution is 2.19. The molecule has 21 heavy (non-hydrogen) atoms. The first kappa shape index (κ1) is 17.0. The Labute approximate surface area is 125 Å². The summed E-state index contributed by atoms with van der Waals surface area (Å²) < 4.78 is 10.2. The minimum absolute atomic E-state index is 0.124. The Morgan fingerprint density at radius 2 is 1.76 bits per heavy atom. The molecule has 116 valence electrons. The second kappa shape index (κ2) is 7.67. The molecule has 0 saturated heterocycles. The van der Waals surface area contributed by atoms with Gasteiger partial charge in [-0.05, 0) is 11.0 Å². The van der Waals surface area contributed by atoms with Crippen molar-refractivity contribution in [3.05, 3.63) is 35.9 Å². The number of benzene rings is 1. The first-order valence-corrected chi connectivity index (χ1v) is 6.89. The molecule has 0 bridgehead atoms. The molecule has 0 aliphatic heterocycles. The van der Waals surface area contributed by atoms with Crippen molar-refractivity contribution >= 4 is 12.1 Å². The van der Waals surface area contributed by atoms with Crippen LogP contribution in [0.3, 0.4) is 0 Å². The average Bonchev–Trinajstić information content (AvgIpc) is 2.41. The topological polar surface area (TPSA) is 64.6 Å². The van der Waals surface area contributed by atoms with Crippen LogP contribution in [0.25, 0.3) is 0 Å². The van der Waals surface area contributed by atoms with E-state index in [2.05, 4.69) is 5.32 Å². The molecule has 0 radical (unpaired) electrons. The lowest BCUT2D eigenvalue weighted by Gasteiger charge is -2.30. The largest absolute Gasteiger partial charge is 0.464 e. The van der Waals surface area contributed by atoms with Crippen molar-refractivity contribution in [2.45, 2.75) is 40.3 Å². The number of rotatable bonds is 5. The molecule has 1 rings (SSSR count). The van der Waals surface area contributed by atoms with Gasteiger partial charge < -0.3 is 14.8 Å². The Bertz CT molecular complexity index is 465. The van der Waals surface area contributed by atoms with E-state index in [4.69, 9.17) is 9.47 Å². The van der Waals surface area contributed by atoms with Crippen molar-refractivity contribution in [2.24, 2.45) is 5.41 Å². The van der Waals surface area contributed by atoms with E-state index in [-0.39, 0.29) is 30.6 Å². The molecule has 0 aliphatic rings. The van der Waals surface area contributed by atoms with Gasteiger partial charge in [-0.15, -0.1) is 0 Å². The highest BCUT2D eigenvalue weighted by atomic mass is 16.6. The third kappa shape index (κ3) is 6.79. The zero-order valence-electron chi connectivity index (χ0n) is 13.0. The fourth-order valence-corrected chi connectivity index (χ4v) is 1.62. The second-order valence-corrected chi connectivity index (χ2v) is 5.93. The predicted octanol–water partition coefficient (Wildman–Crippen LogP) is 2.89.